The average molecular weight is 236 g/mol. The van der Waals surface area contributed by atoms with E-state index in [1.165, 1.54) is 7.11 Å². The van der Waals surface area contributed by atoms with Gasteiger partial charge in [0, 0.05) is 11.1 Å². The number of hydrogen-bond donors (Lipinski definition) is 0. The predicted molar refractivity (Wildman–Crippen MR) is 63.4 cm³/mol. The molecule has 1 aromatic carbocycles. The molecule has 1 unspecified atom stereocenters. The topological polar surface area (TPSA) is 52.6 Å². The summed E-state index contributed by atoms with van der Waals surface area (Å²) in [6.45, 7) is 3.81. The molecular formula is C13H16O4. The summed E-state index contributed by atoms with van der Waals surface area (Å²) in [5.41, 5.74) is 1.17. The summed E-state index contributed by atoms with van der Waals surface area (Å²) < 4.78 is 10.1. The van der Waals surface area contributed by atoms with Crippen LogP contribution in [0, 0.1) is 0 Å². The maximum atomic E-state index is 11.6. The molecule has 4 heteroatoms. The summed E-state index contributed by atoms with van der Waals surface area (Å²) in [6, 6.07) is 4.97. The van der Waals surface area contributed by atoms with Crippen molar-refractivity contribution in [1.29, 1.82) is 0 Å². The van der Waals surface area contributed by atoms with Gasteiger partial charge in [-0.15, -0.1) is 0 Å². The highest BCUT2D eigenvalue weighted by atomic mass is 16.5. The van der Waals surface area contributed by atoms with Gasteiger partial charge in [0.15, 0.2) is 0 Å². The maximum Gasteiger partial charge on any atom is 0.313 e. The molecule has 0 fully saturated rings. The Hall–Kier alpha value is -1.84. The minimum Gasteiger partial charge on any atom is -0.496 e. The largest absolute Gasteiger partial charge is 0.496 e. The first-order chi connectivity index (χ1) is 8.13. The Kier molecular flexibility index (Phi) is 4.69. The average Bonchev–Trinajstić information content (AvgIpc) is 2.37. The highest BCUT2D eigenvalue weighted by molar-refractivity contribution is 5.81. The van der Waals surface area contributed by atoms with Crippen LogP contribution in [-0.4, -0.2) is 26.0 Å². The molecule has 0 amide bonds. The summed E-state index contributed by atoms with van der Waals surface area (Å²) in [6.07, 6.45) is 0.737. The summed E-state index contributed by atoms with van der Waals surface area (Å²) in [7, 11) is 1.53. The zero-order valence-corrected chi connectivity index (χ0v) is 10.2. The number of esters is 1. The second kappa shape index (κ2) is 6.03. The zero-order valence-electron chi connectivity index (χ0n) is 10.2. The quantitative estimate of drug-likeness (QED) is 0.580. The van der Waals surface area contributed by atoms with Crippen molar-refractivity contribution in [2.45, 2.75) is 19.8 Å². The third-order valence-corrected chi connectivity index (χ3v) is 2.50. The fourth-order valence-corrected chi connectivity index (χ4v) is 1.56. The predicted octanol–water partition coefficient (Wildman–Crippen LogP) is 2.17. The van der Waals surface area contributed by atoms with Crippen molar-refractivity contribution in [2.24, 2.45) is 0 Å². The number of benzene rings is 1. The molecule has 0 spiro atoms. The van der Waals surface area contributed by atoms with Crippen molar-refractivity contribution in [3.05, 3.63) is 29.3 Å². The molecule has 4 nitrogen and oxygen atoms in total. The van der Waals surface area contributed by atoms with Crippen LogP contribution in [0.2, 0.25) is 0 Å². The third kappa shape index (κ3) is 3.06. The van der Waals surface area contributed by atoms with Gasteiger partial charge in [0.2, 0.25) is 0 Å². The molecule has 0 aromatic heterocycles. The van der Waals surface area contributed by atoms with Crippen LogP contribution in [0.4, 0.5) is 0 Å². The van der Waals surface area contributed by atoms with Crippen LogP contribution in [0.1, 0.15) is 35.7 Å². The van der Waals surface area contributed by atoms with Gasteiger partial charge in [-0.25, -0.2) is 0 Å². The molecule has 0 aliphatic carbocycles. The van der Waals surface area contributed by atoms with Gasteiger partial charge in [-0.2, -0.15) is 0 Å². The first-order valence-electron chi connectivity index (χ1n) is 5.43. The molecule has 0 N–H and O–H groups in total. The number of ether oxygens (including phenoxy) is 2. The van der Waals surface area contributed by atoms with E-state index in [-0.39, 0.29) is 5.97 Å². The lowest BCUT2D eigenvalue weighted by atomic mass is 9.98. The van der Waals surface area contributed by atoms with Crippen molar-refractivity contribution in [1.82, 2.24) is 0 Å². The lowest BCUT2D eigenvalue weighted by molar-refractivity contribution is -0.144. The highest BCUT2D eigenvalue weighted by Crippen LogP contribution is 2.28. The van der Waals surface area contributed by atoms with Crippen LogP contribution in [0.15, 0.2) is 18.2 Å². The van der Waals surface area contributed by atoms with Crippen molar-refractivity contribution in [3.63, 3.8) is 0 Å². The molecular weight excluding hydrogens is 220 g/mol. The van der Waals surface area contributed by atoms with E-state index in [9.17, 15) is 9.59 Å². The van der Waals surface area contributed by atoms with Gasteiger partial charge in [0.1, 0.15) is 12.0 Å². The van der Waals surface area contributed by atoms with Crippen LogP contribution in [0.3, 0.4) is 0 Å². The first kappa shape index (κ1) is 13.2. The number of carbonyl (C=O) groups excluding carboxylic acids is 2. The number of carbonyl (C=O) groups is 2. The van der Waals surface area contributed by atoms with Crippen molar-refractivity contribution < 1.29 is 19.1 Å². The van der Waals surface area contributed by atoms with E-state index in [0.717, 1.165) is 6.29 Å². The molecule has 0 bridgehead atoms. The second-order valence-electron chi connectivity index (χ2n) is 3.59. The number of rotatable bonds is 5. The standard InChI is InChI=1S/C13H16O4/c1-4-17-13(15)9(2)11-7-10(8-14)5-6-12(11)16-3/h5-9H,4H2,1-3H3. The molecule has 1 rings (SSSR count). The SMILES string of the molecule is CCOC(=O)C(C)c1cc(C=O)ccc1OC. The van der Waals surface area contributed by atoms with Crippen LogP contribution in [0.5, 0.6) is 5.75 Å². The lowest BCUT2D eigenvalue weighted by Gasteiger charge is -2.14. The van der Waals surface area contributed by atoms with Gasteiger partial charge < -0.3 is 9.47 Å². The molecule has 17 heavy (non-hydrogen) atoms. The smallest absolute Gasteiger partial charge is 0.313 e. The van der Waals surface area contributed by atoms with E-state index in [0.29, 0.717) is 23.5 Å². The molecule has 0 aliphatic heterocycles. The summed E-state index contributed by atoms with van der Waals surface area (Å²) in [5.74, 6) is -0.199. The minimum absolute atomic E-state index is 0.325. The molecule has 1 atom stereocenters. The monoisotopic (exact) mass is 236 g/mol. The molecule has 0 saturated heterocycles. The fraction of sp³-hybridized carbons (Fsp3) is 0.385. The van der Waals surface area contributed by atoms with Gasteiger partial charge >= 0.3 is 5.97 Å². The van der Waals surface area contributed by atoms with Gasteiger partial charge in [-0.05, 0) is 32.0 Å². The first-order valence-corrected chi connectivity index (χ1v) is 5.43. The Bertz CT molecular complexity index is 412. The molecule has 92 valence electrons. The van der Waals surface area contributed by atoms with Crippen LogP contribution in [-0.2, 0) is 9.53 Å². The number of hydrogen-bond acceptors (Lipinski definition) is 4. The summed E-state index contributed by atoms with van der Waals surface area (Å²) in [5, 5.41) is 0. The molecule has 0 saturated carbocycles. The van der Waals surface area contributed by atoms with Gasteiger partial charge in [-0.3, -0.25) is 9.59 Å². The molecule has 0 heterocycles. The minimum atomic E-state index is -0.454. The van der Waals surface area contributed by atoms with E-state index in [2.05, 4.69) is 0 Å². The fourth-order valence-electron chi connectivity index (χ4n) is 1.56. The Morgan fingerprint density at radius 2 is 2.18 bits per heavy atom. The van der Waals surface area contributed by atoms with Gasteiger partial charge in [0.25, 0.3) is 0 Å². The molecule has 1 aromatic rings. The number of methoxy groups -OCH3 is 1. The lowest BCUT2D eigenvalue weighted by Crippen LogP contribution is -2.14. The van der Waals surface area contributed by atoms with Gasteiger partial charge in [-0.1, -0.05) is 0 Å². The van der Waals surface area contributed by atoms with Crippen molar-refractivity contribution in [3.8, 4) is 5.75 Å². The molecule has 0 radical (unpaired) electrons. The van der Waals surface area contributed by atoms with Crippen LogP contribution in [0.25, 0.3) is 0 Å². The Morgan fingerprint density at radius 3 is 2.71 bits per heavy atom. The van der Waals surface area contributed by atoms with E-state index in [1.807, 2.05) is 0 Å². The zero-order chi connectivity index (χ0) is 12.8. The van der Waals surface area contributed by atoms with E-state index >= 15 is 0 Å². The summed E-state index contributed by atoms with van der Waals surface area (Å²) in [4.78, 5) is 22.4. The van der Waals surface area contributed by atoms with E-state index in [4.69, 9.17) is 9.47 Å². The normalized spacial score (nSPS) is 11.7. The highest BCUT2D eigenvalue weighted by Gasteiger charge is 2.20. The van der Waals surface area contributed by atoms with E-state index < -0.39 is 5.92 Å². The summed E-state index contributed by atoms with van der Waals surface area (Å²) >= 11 is 0. The van der Waals surface area contributed by atoms with E-state index in [1.54, 1.807) is 32.0 Å². The van der Waals surface area contributed by atoms with Crippen LogP contribution < -0.4 is 4.74 Å². The maximum absolute atomic E-state index is 11.6. The van der Waals surface area contributed by atoms with Gasteiger partial charge in [0.05, 0.1) is 19.6 Å². The van der Waals surface area contributed by atoms with Crippen LogP contribution >= 0.6 is 0 Å². The third-order valence-electron chi connectivity index (χ3n) is 2.50. The van der Waals surface area contributed by atoms with Crippen molar-refractivity contribution >= 4 is 12.3 Å². The Labute approximate surface area is 101 Å². The second-order valence-corrected chi connectivity index (χ2v) is 3.59. The number of aldehydes is 1. The Balaban J connectivity index is 3.08. The Morgan fingerprint density at radius 1 is 1.47 bits per heavy atom. The molecule has 0 aliphatic rings. The van der Waals surface area contributed by atoms with Crippen molar-refractivity contribution in [2.75, 3.05) is 13.7 Å².